The number of fused-ring (bicyclic) bond motifs is 1. The number of aliphatic imine (C=N–C) groups is 1. The number of ether oxygens (including phenoxy) is 1. The molecule has 0 saturated carbocycles. The smallest absolute Gasteiger partial charge is 0.378 e. The van der Waals surface area contributed by atoms with Crippen LogP contribution in [0.25, 0.3) is 0 Å². The highest BCUT2D eigenvalue weighted by molar-refractivity contribution is 6.32. The lowest BCUT2D eigenvalue weighted by Crippen LogP contribution is -2.55. The first-order chi connectivity index (χ1) is 17.0. The second-order valence-corrected chi connectivity index (χ2v) is 8.81. The molecule has 0 radical (unpaired) electrons. The third-order valence-electron chi connectivity index (χ3n) is 6.34. The van der Waals surface area contributed by atoms with E-state index in [1.807, 2.05) is 10.2 Å². The van der Waals surface area contributed by atoms with E-state index in [4.69, 9.17) is 4.74 Å². The van der Waals surface area contributed by atoms with Crippen LogP contribution in [-0.4, -0.2) is 65.9 Å². The van der Waals surface area contributed by atoms with Crippen molar-refractivity contribution in [3.63, 3.8) is 0 Å². The number of amidine groups is 1. The Morgan fingerprint density at radius 3 is 2.58 bits per heavy atom. The SMILES string of the molecule is CC[C@@H](NC(=O)C1=CN(c2ncc(F)cc2F)C2=NC(N3CCOCC3)=CCC2(C)C1=O)C(F)(F)F. The molecule has 1 saturated heterocycles. The second kappa shape index (κ2) is 9.60. The molecule has 1 N–H and O–H groups in total. The average molecular weight is 513 g/mol. The quantitative estimate of drug-likeness (QED) is 0.481. The van der Waals surface area contributed by atoms with Gasteiger partial charge in [-0.1, -0.05) is 6.92 Å². The summed E-state index contributed by atoms with van der Waals surface area (Å²) < 4.78 is 73.6. The molecular formula is C23H24F5N5O3. The highest BCUT2D eigenvalue weighted by Crippen LogP contribution is 2.41. The molecule has 0 bridgehead atoms. The molecular weight excluding hydrogens is 489 g/mol. The zero-order chi connectivity index (χ0) is 26.3. The molecule has 4 rings (SSSR count). The number of anilines is 1. The molecule has 1 aromatic heterocycles. The van der Waals surface area contributed by atoms with Crippen LogP contribution in [0.3, 0.4) is 0 Å². The molecule has 0 aliphatic carbocycles. The van der Waals surface area contributed by atoms with Gasteiger partial charge in [0.05, 0.1) is 24.8 Å². The number of carbonyl (C=O) groups is 2. The Kier molecular flexibility index (Phi) is 6.86. The number of alkyl halides is 3. The van der Waals surface area contributed by atoms with Crippen molar-refractivity contribution >= 4 is 23.3 Å². The predicted octanol–water partition coefficient (Wildman–Crippen LogP) is 3.07. The van der Waals surface area contributed by atoms with E-state index in [0.717, 1.165) is 17.3 Å². The largest absolute Gasteiger partial charge is 0.408 e. The Hall–Kier alpha value is -3.35. The summed E-state index contributed by atoms with van der Waals surface area (Å²) in [4.78, 5) is 37.7. The van der Waals surface area contributed by atoms with Crippen LogP contribution in [0.5, 0.6) is 0 Å². The average Bonchev–Trinajstić information content (AvgIpc) is 2.83. The molecule has 1 amide bonds. The highest BCUT2D eigenvalue weighted by atomic mass is 19.4. The van der Waals surface area contributed by atoms with Crippen LogP contribution in [-0.2, 0) is 14.3 Å². The van der Waals surface area contributed by atoms with Gasteiger partial charge in [0.15, 0.2) is 17.4 Å². The molecule has 1 fully saturated rings. The molecule has 1 aromatic rings. The number of morpholine rings is 1. The van der Waals surface area contributed by atoms with Gasteiger partial charge < -0.3 is 15.0 Å². The van der Waals surface area contributed by atoms with Crippen molar-refractivity contribution in [1.29, 1.82) is 0 Å². The van der Waals surface area contributed by atoms with E-state index in [9.17, 15) is 31.5 Å². The predicted molar refractivity (Wildman–Crippen MR) is 119 cm³/mol. The minimum Gasteiger partial charge on any atom is -0.378 e. The third-order valence-corrected chi connectivity index (χ3v) is 6.34. The van der Waals surface area contributed by atoms with Crippen molar-refractivity contribution in [1.82, 2.24) is 15.2 Å². The number of pyridine rings is 1. The van der Waals surface area contributed by atoms with Crippen molar-refractivity contribution in [3.05, 3.63) is 47.6 Å². The maximum absolute atomic E-state index is 14.8. The summed E-state index contributed by atoms with van der Waals surface area (Å²) in [5.74, 6) is -4.03. The molecule has 1 unspecified atom stereocenters. The number of hydrogen-bond acceptors (Lipinski definition) is 7. The maximum atomic E-state index is 14.8. The highest BCUT2D eigenvalue weighted by Gasteiger charge is 2.51. The van der Waals surface area contributed by atoms with Gasteiger partial charge in [-0.3, -0.25) is 14.5 Å². The molecule has 13 heteroatoms. The van der Waals surface area contributed by atoms with Crippen molar-refractivity contribution in [2.75, 3.05) is 31.2 Å². The number of halogens is 5. The van der Waals surface area contributed by atoms with E-state index in [0.29, 0.717) is 38.2 Å². The fourth-order valence-electron chi connectivity index (χ4n) is 4.28. The van der Waals surface area contributed by atoms with Crippen LogP contribution in [0.1, 0.15) is 26.7 Å². The summed E-state index contributed by atoms with van der Waals surface area (Å²) in [5.41, 5.74) is -2.13. The van der Waals surface area contributed by atoms with E-state index >= 15 is 0 Å². The number of Topliss-reactive ketones (excluding diaryl/α,β-unsaturated/α-hetero) is 1. The summed E-state index contributed by atoms with van der Waals surface area (Å²) in [7, 11) is 0. The maximum Gasteiger partial charge on any atom is 0.408 e. The summed E-state index contributed by atoms with van der Waals surface area (Å²) in [6.07, 6.45) is -1.80. The molecule has 4 heterocycles. The molecule has 36 heavy (non-hydrogen) atoms. The molecule has 3 aliphatic rings. The second-order valence-electron chi connectivity index (χ2n) is 8.81. The molecule has 194 valence electrons. The van der Waals surface area contributed by atoms with Crippen LogP contribution in [0, 0.1) is 17.0 Å². The summed E-state index contributed by atoms with van der Waals surface area (Å²) in [5, 5.41) is 1.84. The van der Waals surface area contributed by atoms with Crippen molar-refractivity contribution in [2.45, 2.75) is 38.9 Å². The standard InChI is InChI=1S/C23H24F5N5O3/c1-3-16(23(26,27)28)30-20(35)14-12-33(19-15(25)10-13(24)11-29-19)21-22(2,18(14)34)5-4-17(31-21)32-6-8-36-9-7-32/h4,10-12,16H,3,5-9H2,1-2H3,(H,30,35)/t16-,22?/m1/s1. The fraction of sp³-hybridized carbons (Fsp3) is 0.478. The van der Waals surface area contributed by atoms with Crippen molar-refractivity contribution in [3.8, 4) is 0 Å². The van der Waals surface area contributed by atoms with Crippen LogP contribution in [0.4, 0.5) is 27.8 Å². The Labute approximate surface area is 203 Å². The number of hydrogen-bond donors (Lipinski definition) is 1. The Balaban J connectivity index is 1.80. The van der Waals surface area contributed by atoms with E-state index in [2.05, 4.69) is 9.98 Å². The van der Waals surface area contributed by atoms with Gasteiger partial charge in [-0.15, -0.1) is 0 Å². The van der Waals surface area contributed by atoms with Gasteiger partial charge in [-0.25, -0.2) is 18.8 Å². The molecule has 2 atom stereocenters. The zero-order valence-electron chi connectivity index (χ0n) is 19.5. The first-order valence-corrected chi connectivity index (χ1v) is 11.3. The lowest BCUT2D eigenvalue weighted by Gasteiger charge is -2.42. The Morgan fingerprint density at radius 2 is 1.97 bits per heavy atom. The van der Waals surface area contributed by atoms with E-state index in [1.165, 1.54) is 13.8 Å². The topological polar surface area (TPSA) is 87.1 Å². The summed E-state index contributed by atoms with van der Waals surface area (Å²) in [6, 6.07) is -1.61. The van der Waals surface area contributed by atoms with Gasteiger partial charge in [0.2, 0.25) is 0 Å². The van der Waals surface area contributed by atoms with Crippen LogP contribution in [0.2, 0.25) is 0 Å². The van der Waals surface area contributed by atoms with E-state index in [1.54, 1.807) is 6.08 Å². The first kappa shape index (κ1) is 25.7. The number of rotatable bonds is 5. The van der Waals surface area contributed by atoms with Crippen LogP contribution in [0.15, 0.2) is 40.9 Å². The van der Waals surface area contributed by atoms with Gasteiger partial charge in [0.25, 0.3) is 5.91 Å². The Morgan fingerprint density at radius 1 is 1.28 bits per heavy atom. The van der Waals surface area contributed by atoms with Crippen molar-refractivity contribution < 1.29 is 36.3 Å². The number of ketones is 1. The molecule has 0 aromatic carbocycles. The number of nitrogens with zero attached hydrogens (tertiary/aromatic N) is 4. The van der Waals surface area contributed by atoms with E-state index < -0.39 is 58.8 Å². The minimum absolute atomic E-state index is 0.0221. The van der Waals surface area contributed by atoms with Gasteiger partial charge >= 0.3 is 6.18 Å². The lowest BCUT2D eigenvalue weighted by atomic mass is 9.74. The monoisotopic (exact) mass is 513 g/mol. The number of aromatic nitrogens is 1. The van der Waals surface area contributed by atoms with Crippen LogP contribution >= 0.6 is 0 Å². The minimum atomic E-state index is -4.73. The normalized spacial score (nSPS) is 23.4. The summed E-state index contributed by atoms with van der Waals surface area (Å²) in [6.45, 7) is 4.67. The lowest BCUT2D eigenvalue weighted by molar-refractivity contribution is -0.161. The number of allylic oxidation sites excluding steroid dienone is 1. The summed E-state index contributed by atoms with van der Waals surface area (Å²) >= 11 is 0. The molecule has 8 nitrogen and oxygen atoms in total. The number of nitrogens with one attached hydrogen (secondary N) is 1. The molecule has 0 spiro atoms. The van der Waals surface area contributed by atoms with Gasteiger partial charge in [0, 0.05) is 25.4 Å². The number of carbonyl (C=O) groups excluding carboxylic acids is 2. The van der Waals surface area contributed by atoms with E-state index in [-0.39, 0.29) is 12.3 Å². The first-order valence-electron chi connectivity index (χ1n) is 11.3. The third kappa shape index (κ3) is 4.71. The molecule has 3 aliphatic heterocycles. The van der Waals surface area contributed by atoms with Gasteiger partial charge in [-0.05, 0) is 25.8 Å². The van der Waals surface area contributed by atoms with Gasteiger partial charge in [-0.2, -0.15) is 13.2 Å². The Bertz CT molecular complexity index is 1160. The van der Waals surface area contributed by atoms with Gasteiger partial charge in [0.1, 0.15) is 29.1 Å². The zero-order valence-corrected chi connectivity index (χ0v) is 19.5. The van der Waals surface area contributed by atoms with Crippen molar-refractivity contribution in [2.24, 2.45) is 10.4 Å². The number of amides is 1. The van der Waals surface area contributed by atoms with Crippen LogP contribution < -0.4 is 10.2 Å². The fourth-order valence-corrected chi connectivity index (χ4v) is 4.28.